The van der Waals surface area contributed by atoms with Crippen molar-refractivity contribution in [3.8, 4) is 17.0 Å². The van der Waals surface area contributed by atoms with Crippen LogP contribution < -0.4 is 10.4 Å². The summed E-state index contributed by atoms with van der Waals surface area (Å²) in [7, 11) is 1.62. The van der Waals surface area contributed by atoms with Crippen molar-refractivity contribution in [2.45, 2.75) is 6.92 Å². The molecule has 1 aromatic heterocycles. The van der Waals surface area contributed by atoms with Crippen molar-refractivity contribution in [1.82, 2.24) is 9.97 Å². The van der Waals surface area contributed by atoms with Crippen LogP contribution in [0.4, 0.5) is 0 Å². The molecule has 0 saturated carbocycles. The standard InChI is InChI=1S/C12H12N2O2/c1-8-7-13-12(15)14-11(8)9-3-5-10(16-2)6-4-9/h3-7H,1-2H3,(H,13,14,15). The number of nitrogens with zero attached hydrogens (tertiary/aromatic N) is 1. The highest BCUT2D eigenvalue weighted by molar-refractivity contribution is 5.62. The van der Waals surface area contributed by atoms with E-state index in [9.17, 15) is 4.79 Å². The molecule has 0 bridgehead atoms. The number of benzene rings is 1. The summed E-state index contributed by atoms with van der Waals surface area (Å²) >= 11 is 0. The van der Waals surface area contributed by atoms with Gasteiger partial charge in [-0.25, -0.2) is 9.78 Å². The third-order valence-corrected chi connectivity index (χ3v) is 2.38. The first kappa shape index (κ1) is 10.4. The van der Waals surface area contributed by atoms with Gasteiger partial charge in [-0.3, -0.25) is 0 Å². The van der Waals surface area contributed by atoms with E-state index in [1.54, 1.807) is 13.3 Å². The first-order valence-corrected chi connectivity index (χ1v) is 4.91. The Kier molecular flexibility index (Phi) is 2.72. The molecule has 2 rings (SSSR count). The van der Waals surface area contributed by atoms with Crippen molar-refractivity contribution in [2.75, 3.05) is 7.11 Å². The molecule has 82 valence electrons. The summed E-state index contributed by atoms with van der Waals surface area (Å²) in [6, 6.07) is 7.51. The molecular formula is C12H12N2O2. The van der Waals surface area contributed by atoms with Crippen LogP contribution in [0, 0.1) is 6.92 Å². The smallest absolute Gasteiger partial charge is 0.345 e. The maximum Gasteiger partial charge on any atom is 0.345 e. The molecular weight excluding hydrogens is 204 g/mol. The van der Waals surface area contributed by atoms with Gasteiger partial charge in [0, 0.05) is 6.20 Å². The summed E-state index contributed by atoms with van der Waals surface area (Å²) in [5.74, 6) is 0.790. The van der Waals surface area contributed by atoms with Gasteiger partial charge in [-0.15, -0.1) is 0 Å². The average Bonchev–Trinajstić information content (AvgIpc) is 2.32. The van der Waals surface area contributed by atoms with Gasteiger partial charge < -0.3 is 9.72 Å². The molecule has 0 aliphatic heterocycles. The molecule has 0 fully saturated rings. The van der Waals surface area contributed by atoms with E-state index in [0.717, 1.165) is 22.6 Å². The second-order valence-corrected chi connectivity index (χ2v) is 3.47. The number of H-pyrrole nitrogens is 1. The quantitative estimate of drug-likeness (QED) is 0.832. The Morgan fingerprint density at radius 3 is 2.56 bits per heavy atom. The van der Waals surface area contributed by atoms with Gasteiger partial charge in [0.05, 0.1) is 12.8 Å². The Bertz CT molecular complexity index is 544. The molecule has 4 nitrogen and oxygen atoms in total. The van der Waals surface area contributed by atoms with E-state index in [-0.39, 0.29) is 5.69 Å². The molecule has 0 atom stereocenters. The second kappa shape index (κ2) is 4.18. The Morgan fingerprint density at radius 2 is 1.94 bits per heavy atom. The first-order chi connectivity index (χ1) is 7.70. The molecule has 0 saturated heterocycles. The highest BCUT2D eigenvalue weighted by Crippen LogP contribution is 2.21. The number of methoxy groups -OCH3 is 1. The second-order valence-electron chi connectivity index (χ2n) is 3.47. The molecule has 0 amide bonds. The maximum absolute atomic E-state index is 11.1. The van der Waals surface area contributed by atoms with Crippen LogP contribution in [-0.4, -0.2) is 17.1 Å². The number of rotatable bonds is 2. The number of aryl methyl sites for hydroxylation is 1. The number of aromatic nitrogens is 2. The molecule has 1 N–H and O–H groups in total. The molecule has 16 heavy (non-hydrogen) atoms. The number of aromatic amines is 1. The van der Waals surface area contributed by atoms with Gasteiger partial charge >= 0.3 is 5.69 Å². The van der Waals surface area contributed by atoms with Gasteiger partial charge in [0.25, 0.3) is 0 Å². The SMILES string of the molecule is COc1ccc(-c2[nH]c(=O)ncc2C)cc1. The molecule has 0 spiro atoms. The fraction of sp³-hybridized carbons (Fsp3) is 0.167. The predicted molar refractivity (Wildman–Crippen MR) is 61.6 cm³/mol. The molecule has 2 aromatic rings. The third-order valence-electron chi connectivity index (χ3n) is 2.38. The zero-order valence-corrected chi connectivity index (χ0v) is 9.15. The van der Waals surface area contributed by atoms with Crippen molar-refractivity contribution in [2.24, 2.45) is 0 Å². The predicted octanol–water partition coefficient (Wildman–Crippen LogP) is 1.75. The minimum Gasteiger partial charge on any atom is -0.497 e. The van der Waals surface area contributed by atoms with Crippen LogP contribution in [-0.2, 0) is 0 Å². The molecule has 0 aliphatic carbocycles. The monoisotopic (exact) mass is 216 g/mol. The van der Waals surface area contributed by atoms with Crippen LogP contribution in [0.15, 0.2) is 35.3 Å². The molecule has 4 heteroatoms. The largest absolute Gasteiger partial charge is 0.497 e. The van der Waals surface area contributed by atoms with Crippen LogP contribution in [0.2, 0.25) is 0 Å². The first-order valence-electron chi connectivity index (χ1n) is 4.91. The normalized spacial score (nSPS) is 10.1. The molecule has 1 heterocycles. The fourth-order valence-electron chi connectivity index (χ4n) is 1.52. The van der Waals surface area contributed by atoms with Crippen LogP contribution in [0.1, 0.15) is 5.56 Å². The lowest BCUT2D eigenvalue weighted by Gasteiger charge is -2.05. The van der Waals surface area contributed by atoms with E-state index in [2.05, 4.69) is 9.97 Å². The number of hydrogen-bond acceptors (Lipinski definition) is 3. The van der Waals surface area contributed by atoms with E-state index < -0.39 is 0 Å². The van der Waals surface area contributed by atoms with Crippen molar-refractivity contribution >= 4 is 0 Å². The Morgan fingerprint density at radius 1 is 1.25 bits per heavy atom. The zero-order chi connectivity index (χ0) is 11.5. The van der Waals surface area contributed by atoms with Crippen LogP contribution in [0.3, 0.4) is 0 Å². The van der Waals surface area contributed by atoms with Crippen molar-refractivity contribution in [3.05, 3.63) is 46.5 Å². The number of ether oxygens (including phenoxy) is 1. The van der Waals surface area contributed by atoms with Gasteiger partial charge in [0.15, 0.2) is 0 Å². The van der Waals surface area contributed by atoms with Crippen molar-refractivity contribution in [3.63, 3.8) is 0 Å². The van der Waals surface area contributed by atoms with Crippen molar-refractivity contribution < 1.29 is 4.74 Å². The van der Waals surface area contributed by atoms with E-state index >= 15 is 0 Å². The highest BCUT2D eigenvalue weighted by atomic mass is 16.5. The fourth-order valence-corrected chi connectivity index (χ4v) is 1.52. The Balaban J connectivity index is 2.50. The average molecular weight is 216 g/mol. The number of hydrogen-bond donors (Lipinski definition) is 1. The number of nitrogens with one attached hydrogen (secondary N) is 1. The highest BCUT2D eigenvalue weighted by Gasteiger charge is 2.03. The van der Waals surface area contributed by atoms with Gasteiger partial charge in [-0.2, -0.15) is 0 Å². The van der Waals surface area contributed by atoms with E-state index in [0.29, 0.717) is 0 Å². The van der Waals surface area contributed by atoms with Crippen LogP contribution >= 0.6 is 0 Å². The summed E-state index contributed by atoms with van der Waals surface area (Å²) in [4.78, 5) is 17.5. The van der Waals surface area contributed by atoms with Crippen LogP contribution in [0.5, 0.6) is 5.75 Å². The molecule has 1 aromatic carbocycles. The van der Waals surface area contributed by atoms with Gasteiger partial charge in [0.1, 0.15) is 5.75 Å². The molecule has 0 unspecified atom stereocenters. The zero-order valence-electron chi connectivity index (χ0n) is 9.15. The van der Waals surface area contributed by atoms with Crippen molar-refractivity contribution in [1.29, 1.82) is 0 Å². The van der Waals surface area contributed by atoms with Crippen LogP contribution in [0.25, 0.3) is 11.3 Å². The minimum atomic E-state index is -0.337. The summed E-state index contributed by atoms with van der Waals surface area (Å²) in [5.41, 5.74) is 2.33. The molecule has 0 radical (unpaired) electrons. The lowest BCUT2D eigenvalue weighted by molar-refractivity contribution is 0.415. The summed E-state index contributed by atoms with van der Waals surface area (Å²) in [6.07, 6.45) is 1.57. The maximum atomic E-state index is 11.1. The van der Waals surface area contributed by atoms with E-state index in [1.165, 1.54) is 0 Å². The minimum absolute atomic E-state index is 0.337. The van der Waals surface area contributed by atoms with E-state index in [4.69, 9.17) is 4.74 Å². The summed E-state index contributed by atoms with van der Waals surface area (Å²) < 4.78 is 5.07. The third kappa shape index (κ3) is 1.95. The van der Waals surface area contributed by atoms with Gasteiger partial charge in [-0.1, -0.05) is 0 Å². The molecule has 0 aliphatic rings. The van der Waals surface area contributed by atoms with Gasteiger partial charge in [0.2, 0.25) is 0 Å². The Hall–Kier alpha value is -2.10. The Labute approximate surface area is 92.9 Å². The summed E-state index contributed by atoms with van der Waals surface area (Å²) in [5, 5.41) is 0. The van der Waals surface area contributed by atoms with Gasteiger partial charge in [-0.05, 0) is 42.3 Å². The lowest BCUT2D eigenvalue weighted by Crippen LogP contribution is -2.11. The lowest BCUT2D eigenvalue weighted by atomic mass is 10.1. The van der Waals surface area contributed by atoms with E-state index in [1.807, 2.05) is 31.2 Å². The summed E-state index contributed by atoms with van der Waals surface area (Å²) in [6.45, 7) is 1.91. The topological polar surface area (TPSA) is 55.0 Å².